The SMILES string of the molecule is CON=C1C2CCC1CN(c1nc(C3NOC4=C3CCC[C@@]43CCCc4sc(N)c(C#N)c43)nc3c1cnn3[C@@H](C)[C@@H]1CCCN1C)C2. The molecule has 3 aromatic heterocycles. The van der Waals surface area contributed by atoms with Crippen LogP contribution in [0.1, 0.15) is 98.6 Å². The lowest BCUT2D eigenvalue weighted by molar-refractivity contribution is 0.0766. The fourth-order valence-electron chi connectivity index (χ4n) is 10.1. The molecule has 12 nitrogen and oxygen atoms in total. The van der Waals surface area contributed by atoms with Crippen LogP contribution in [0.3, 0.4) is 0 Å². The van der Waals surface area contributed by atoms with Gasteiger partial charge in [0, 0.05) is 35.8 Å². The molecule has 0 radical (unpaired) electrons. The van der Waals surface area contributed by atoms with E-state index in [0.717, 1.165) is 111 Å². The van der Waals surface area contributed by atoms with Crippen LogP contribution in [0.15, 0.2) is 22.7 Å². The van der Waals surface area contributed by atoms with Gasteiger partial charge in [0.2, 0.25) is 0 Å². The molecule has 48 heavy (non-hydrogen) atoms. The zero-order chi connectivity index (χ0) is 32.7. The quantitative estimate of drug-likeness (QED) is 0.351. The summed E-state index contributed by atoms with van der Waals surface area (Å²) < 4.78 is 2.14. The summed E-state index contributed by atoms with van der Waals surface area (Å²) in [6, 6.07) is 2.74. The van der Waals surface area contributed by atoms with Crippen molar-refractivity contribution < 1.29 is 9.68 Å². The van der Waals surface area contributed by atoms with E-state index in [1.54, 1.807) is 18.4 Å². The standard InChI is InChI=1S/C35H44N10O2S/c1-19(25-8-6-14-43(25)2)45-34-24(16-38-45)33(44-17-20-10-11-21(18-44)28(20)41-46-3)39-32(40-34)29-22-7-4-12-35(30(22)47-42-29)13-5-9-26-27(35)23(15-36)31(37)48-26/h16,19-21,25,29,42H,4-14,17-18,37H2,1-3H3/t19-,20?,21?,25-,29?,35-/m0/s1. The number of likely N-dealkylation sites (tertiary alicyclic amines) is 1. The molecule has 13 heteroatoms. The van der Waals surface area contributed by atoms with E-state index >= 15 is 0 Å². The molecule has 3 aromatic rings. The van der Waals surface area contributed by atoms with Crippen LogP contribution in [0.5, 0.6) is 0 Å². The number of fused-ring (bicyclic) bond motifs is 6. The molecule has 1 spiro atoms. The minimum atomic E-state index is -0.346. The Hall–Kier alpha value is -3.73. The highest BCUT2D eigenvalue weighted by molar-refractivity contribution is 7.16. The average molecular weight is 669 g/mol. The lowest BCUT2D eigenvalue weighted by Crippen LogP contribution is -2.43. The lowest BCUT2D eigenvalue weighted by Gasteiger charge is -2.40. The predicted octanol–water partition coefficient (Wildman–Crippen LogP) is 5.13. The summed E-state index contributed by atoms with van der Waals surface area (Å²) in [5.74, 6) is 3.34. The second-order valence-corrected chi connectivity index (χ2v) is 15.9. The minimum absolute atomic E-state index is 0.165. The molecular weight excluding hydrogens is 625 g/mol. The fraction of sp³-hybridized carbons (Fsp3) is 0.629. The van der Waals surface area contributed by atoms with Gasteiger partial charge >= 0.3 is 0 Å². The first-order chi connectivity index (χ1) is 23.4. The summed E-state index contributed by atoms with van der Waals surface area (Å²) in [4.78, 5) is 28.7. The van der Waals surface area contributed by atoms with Gasteiger partial charge in [-0.2, -0.15) is 10.4 Å². The summed E-state index contributed by atoms with van der Waals surface area (Å²) in [5, 5.41) is 21.3. The Balaban J connectivity index is 1.17. The van der Waals surface area contributed by atoms with Crippen molar-refractivity contribution in [1.82, 2.24) is 30.1 Å². The first-order valence-corrected chi connectivity index (χ1v) is 18.5. The van der Waals surface area contributed by atoms with Gasteiger partial charge in [0.25, 0.3) is 0 Å². The van der Waals surface area contributed by atoms with Crippen LogP contribution < -0.4 is 16.1 Å². The lowest BCUT2D eigenvalue weighted by atomic mass is 9.63. The first kappa shape index (κ1) is 30.3. The number of anilines is 2. The van der Waals surface area contributed by atoms with Gasteiger partial charge in [-0.25, -0.2) is 14.6 Å². The summed E-state index contributed by atoms with van der Waals surface area (Å²) in [6.07, 6.45) is 12.4. The smallest absolute Gasteiger partial charge is 0.164 e. The molecule has 3 fully saturated rings. The third kappa shape index (κ3) is 4.38. The van der Waals surface area contributed by atoms with Crippen LogP contribution in [0, 0.1) is 23.2 Å². The molecule has 3 N–H and O–H groups in total. The number of oxime groups is 1. The molecule has 9 rings (SSSR count). The van der Waals surface area contributed by atoms with E-state index in [1.807, 2.05) is 6.20 Å². The monoisotopic (exact) mass is 668 g/mol. The minimum Gasteiger partial charge on any atom is -0.411 e. The number of nitrogens with zero attached hydrogens (tertiary/aromatic N) is 8. The molecule has 6 atom stereocenters. The van der Waals surface area contributed by atoms with Gasteiger partial charge in [0.05, 0.1) is 34.3 Å². The predicted molar refractivity (Wildman–Crippen MR) is 184 cm³/mol. The van der Waals surface area contributed by atoms with Crippen LogP contribution in [-0.4, -0.2) is 70.2 Å². The van der Waals surface area contributed by atoms with E-state index in [9.17, 15) is 5.26 Å². The van der Waals surface area contributed by atoms with E-state index in [2.05, 4.69) is 45.2 Å². The Morgan fingerprint density at radius 3 is 2.69 bits per heavy atom. The summed E-state index contributed by atoms with van der Waals surface area (Å²) in [7, 11) is 3.87. The number of hydroxylamine groups is 1. The molecular formula is C35H44N10O2S. The molecule has 3 aliphatic heterocycles. The van der Waals surface area contributed by atoms with Gasteiger partial charge in [-0.1, -0.05) is 5.16 Å². The number of rotatable bonds is 5. The molecule has 3 aliphatic carbocycles. The zero-order valence-corrected chi connectivity index (χ0v) is 28.9. The highest BCUT2D eigenvalue weighted by Gasteiger charge is 2.52. The molecule has 6 heterocycles. The van der Waals surface area contributed by atoms with Gasteiger partial charge in [-0.05, 0) is 95.9 Å². The van der Waals surface area contributed by atoms with Gasteiger partial charge in [-0.3, -0.25) is 0 Å². The molecule has 0 amide bonds. The number of nitrogens with two attached hydrogens (primary N) is 1. The number of hydrogen-bond acceptors (Lipinski definition) is 12. The van der Waals surface area contributed by atoms with Crippen molar-refractivity contribution in [1.29, 1.82) is 5.26 Å². The van der Waals surface area contributed by atoms with Crippen LogP contribution in [0.25, 0.3) is 11.0 Å². The maximum atomic E-state index is 10.2. The first-order valence-electron chi connectivity index (χ1n) is 17.7. The Morgan fingerprint density at radius 1 is 1.17 bits per heavy atom. The normalized spacial score (nSPS) is 30.5. The van der Waals surface area contributed by atoms with Crippen molar-refractivity contribution in [2.75, 3.05) is 44.4 Å². The summed E-state index contributed by atoms with van der Waals surface area (Å²) in [5.41, 5.74) is 14.5. The topological polar surface area (TPSA) is 143 Å². The number of piperidine rings is 1. The molecule has 2 bridgehead atoms. The Kier molecular flexibility index (Phi) is 7.22. The summed E-state index contributed by atoms with van der Waals surface area (Å²) in [6.45, 7) is 5.08. The van der Waals surface area contributed by atoms with E-state index in [1.165, 1.54) is 22.6 Å². The van der Waals surface area contributed by atoms with Crippen molar-refractivity contribution in [3.05, 3.63) is 39.4 Å². The van der Waals surface area contributed by atoms with Crippen molar-refractivity contribution >= 4 is 38.9 Å². The molecule has 1 saturated carbocycles. The number of allylic oxidation sites excluding steroid dienone is 1. The Bertz CT molecular complexity index is 1870. The van der Waals surface area contributed by atoms with Gasteiger partial charge in [-0.15, -0.1) is 16.8 Å². The van der Waals surface area contributed by atoms with Crippen LogP contribution in [0.4, 0.5) is 10.8 Å². The molecule has 252 valence electrons. The van der Waals surface area contributed by atoms with Crippen LogP contribution in [-0.2, 0) is 21.5 Å². The Labute approximate surface area is 284 Å². The third-order valence-electron chi connectivity index (χ3n) is 12.3. The van der Waals surface area contributed by atoms with Crippen LogP contribution in [0.2, 0.25) is 0 Å². The van der Waals surface area contributed by atoms with Crippen molar-refractivity contribution in [2.45, 2.75) is 94.7 Å². The maximum Gasteiger partial charge on any atom is 0.164 e. The second kappa shape index (κ2) is 11.4. The number of nitrogens with one attached hydrogen (secondary N) is 1. The highest BCUT2D eigenvalue weighted by Crippen LogP contribution is 2.57. The number of thiophene rings is 1. The fourth-order valence-corrected chi connectivity index (χ4v) is 11.3. The van der Waals surface area contributed by atoms with Crippen molar-refractivity contribution in [3.8, 4) is 6.07 Å². The van der Waals surface area contributed by atoms with E-state index in [0.29, 0.717) is 28.4 Å². The third-order valence-corrected chi connectivity index (χ3v) is 13.4. The average Bonchev–Trinajstić information content (AvgIpc) is 3.91. The van der Waals surface area contributed by atoms with Crippen molar-refractivity contribution in [3.63, 3.8) is 0 Å². The van der Waals surface area contributed by atoms with Crippen molar-refractivity contribution in [2.24, 2.45) is 17.0 Å². The number of aromatic nitrogens is 4. The van der Waals surface area contributed by atoms with Gasteiger partial charge in [0.15, 0.2) is 11.5 Å². The van der Waals surface area contributed by atoms with E-state index in [4.69, 9.17) is 30.5 Å². The molecule has 3 unspecified atom stereocenters. The molecule has 6 aliphatic rings. The summed E-state index contributed by atoms with van der Waals surface area (Å²) >= 11 is 1.58. The number of aryl methyl sites for hydroxylation is 1. The molecule has 2 saturated heterocycles. The highest BCUT2D eigenvalue weighted by atomic mass is 32.1. The number of hydrogen-bond donors (Lipinski definition) is 2. The van der Waals surface area contributed by atoms with E-state index < -0.39 is 0 Å². The van der Waals surface area contributed by atoms with Crippen LogP contribution >= 0.6 is 11.3 Å². The number of nitriles is 1. The number of likely N-dealkylation sites (N-methyl/N-ethyl adjacent to an activating group) is 1. The largest absolute Gasteiger partial charge is 0.411 e. The van der Waals surface area contributed by atoms with Gasteiger partial charge < -0.3 is 25.2 Å². The Morgan fingerprint density at radius 2 is 1.96 bits per heavy atom. The number of nitrogen functional groups attached to an aromatic ring is 1. The van der Waals surface area contributed by atoms with E-state index in [-0.39, 0.29) is 17.5 Å². The zero-order valence-electron chi connectivity index (χ0n) is 28.0. The maximum absolute atomic E-state index is 10.2. The molecule has 0 aromatic carbocycles. The second-order valence-electron chi connectivity index (χ2n) is 14.8. The van der Waals surface area contributed by atoms with Gasteiger partial charge in [0.1, 0.15) is 35.8 Å².